The second-order valence-corrected chi connectivity index (χ2v) is 13.4. The molecule has 48 heavy (non-hydrogen) atoms. The molecule has 0 fully saturated rings. The van der Waals surface area contributed by atoms with Crippen molar-refractivity contribution in [1.82, 2.24) is 19.5 Å². The Bertz CT molecular complexity index is 2060. The molecule has 2 heterocycles. The van der Waals surface area contributed by atoms with Gasteiger partial charge in [0.2, 0.25) is 21.9 Å². The molecule has 0 unspecified atom stereocenters. The fraction of sp³-hybridized carbons (Fsp3) is 0.250. The molecule has 0 radical (unpaired) electrons. The van der Waals surface area contributed by atoms with Crippen LogP contribution in [-0.2, 0) is 27.3 Å². The standard InChI is InChI=1S/C30H34N8O2S.C2HF3O2/c1-19-7-10-22(17-26(19)41(31,39)40)33-28-32-16-15-27(36-28)37(5)23-13-14-25-24(18-23)35-29(38(25)6)34-21-11-8-20(9-12-21)30(2,3)4;3-2(4,5)1(6)7/h7-18H,1-6H3,(H,34,35)(H2,31,39,40)(H,32,33,36);(H,6,7). The van der Waals surface area contributed by atoms with Crippen LogP contribution in [0.25, 0.3) is 11.0 Å². The molecule has 254 valence electrons. The molecule has 0 bridgehead atoms. The van der Waals surface area contributed by atoms with Gasteiger partial charge in [-0.25, -0.2) is 28.3 Å². The number of nitrogens with zero attached hydrogens (tertiary/aromatic N) is 5. The molecule has 5 rings (SSSR count). The number of aromatic nitrogens is 4. The maximum Gasteiger partial charge on any atom is 0.490 e. The normalized spacial score (nSPS) is 11.9. The summed E-state index contributed by atoms with van der Waals surface area (Å²) in [6.07, 6.45) is -3.44. The highest BCUT2D eigenvalue weighted by Crippen LogP contribution is 2.30. The molecule has 0 saturated carbocycles. The summed E-state index contributed by atoms with van der Waals surface area (Å²) in [7, 11) is 0.0477. The predicted molar refractivity (Wildman–Crippen MR) is 179 cm³/mol. The summed E-state index contributed by atoms with van der Waals surface area (Å²) in [6, 6.07) is 21.2. The SMILES string of the molecule is Cc1ccc(Nc2nccc(N(C)c3ccc4c(c3)nc(Nc3ccc(C(C)(C)C)cc3)n4C)n2)cc1S(N)(=O)=O.O=C(O)C(F)(F)F. The highest BCUT2D eigenvalue weighted by Gasteiger charge is 2.38. The number of nitrogens with one attached hydrogen (secondary N) is 2. The Morgan fingerprint density at radius 1 is 0.938 bits per heavy atom. The number of carbonyl (C=O) groups is 1. The molecule has 16 heteroatoms. The first-order chi connectivity index (χ1) is 22.2. The summed E-state index contributed by atoms with van der Waals surface area (Å²) >= 11 is 0. The van der Waals surface area contributed by atoms with Crippen molar-refractivity contribution >= 4 is 61.8 Å². The topological polar surface area (TPSA) is 168 Å². The van der Waals surface area contributed by atoms with Crippen molar-refractivity contribution in [3.8, 4) is 0 Å². The van der Waals surface area contributed by atoms with E-state index in [1.807, 2.05) is 41.8 Å². The van der Waals surface area contributed by atoms with E-state index in [0.717, 1.165) is 28.4 Å². The Kier molecular flexibility index (Phi) is 10.0. The van der Waals surface area contributed by atoms with E-state index in [1.165, 1.54) is 11.6 Å². The molecule has 12 nitrogen and oxygen atoms in total. The fourth-order valence-electron chi connectivity index (χ4n) is 4.53. The Morgan fingerprint density at radius 3 is 2.15 bits per heavy atom. The fourth-order valence-corrected chi connectivity index (χ4v) is 5.34. The van der Waals surface area contributed by atoms with Crippen molar-refractivity contribution in [3.63, 3.8) is 0 Å². The van der Waals surface area contributed by atoms with Crippen LogP contribution in [0.15, 0.2) is 77.8 Å². The van der Waals surface area contributed by atoms with E-state index in [-0.39, 0.29) is 10.3 Å². The third-order valence-corrected chi connectivity index (χ3v) is 8.29. The monoisotopic (exact) mass is 684 g/mol. The number of anilines is 6. The quantitative estimate of drug-likeness (QED) is 0.148. The van der Waals surface area contributed by atoms with Crippen LogP contribution in [-0.4, -0.2) is 52.2 Å². The molecule has 0 amide bonds. The minimum atomic E-state index is -5.08. The molecule has 3 aromatic carbocycles. The van der Waals surface area contributed by atoms with Crippen LogP contribution in [0, 0.1) is 6.92 Å². The van der Waals surface area contributed by atoms with Gasteiger partial charge in [-0.3, -0.25) is 0 Å². The smallest absolute Gasteiger partial charge is 0.475 e. The lowest BCUT2D eigenvalue weighted by molar-refractivity contribution is -0.192. The minimum absolute atomic E-state index is 0.0511. The number of alkyl halides is 3. The van der Waals surface area contributed by atoms with Crippen molar-refractivity contribution in [3.05, 3.63) is 84.1 Å². The van der Waals surface area contributed by atoms with Gasteiger partial charge in [-0.05, 0) is 72.0 Å². The number of hydrogen-bond donors (Lipinski definition) is 4. The first-order valence-electron chi connectivity index (χ1n) is 14.4. The van der Waals surface area contributed by atoms with Gasteiger partial charge in [0.05, 0.1) is 15.9 Å². The highest BCUT2D eigenvalue weighted by molar-refractivity contribution is 7.89. The molecule has 5 N–H and O–H groups in total. The van der Waals surface area contributed by atoms with Crippen LogP contribution in [0.2, 0.25) is 0 Å². The number of nitrogens with two attached hydrogens (primary N) is 1. The van der Waals surface area contributed by atoms with Gasteiger partial charge < -0.3 is 25.2 Å². The molecule has 0 aliphatic heterocycles. The number of sulfonamides is 1. The average molecular weight is 685 g/mol. The maximum absolute atomic E-state index is 11.9. The van der Waals surface area contributed by atoms with E-state index < -0.39 is 22.2 Å². The molecule has 0 aliphatic carbocycles. The average Bonchev–Trinajstić information content (AvgIpc) is 3.30. The highest BCUT2D eigenvalue weighted by atomic mass is 32.2. The number of imidazole rings is 1. The van der Waals surface area contributed by atoms with Crippen LogP contribution < -0.4 is 20.7 Å². The summed E-state index contributed by atoms with van der Waals surface area (Å²) in [6.45, 7) is 8.29. The van der Waals surface area contributed by atoms with Crippen molar-refractivity contribution in [2.75, 3.05) is 22.6 Å². The number of aryl methyl sites for hydroxylation is 2. The number of carboxylic acids is 1. The second kappa shape index (κ2) is 13.5. The van der Waals surface area contributed by atoms with E-state index >= 15 is 0 Å². The molecule has 0 spiro atoms. The van der Waals surface area contributed by atoms with Crippen molar-refractivity contribution in [2.45, 2.75) is 44.2 Å². The second-order valence-electron chi connectivity index (χ2n) is 11.9. The summed E-state index contributed by atoms with van der Waals surface area (Å²) in [5.74, 6) is -1.04. The van der Waals surface area contributed by atoms with Gasteiger partial charge in [0, 0.05) is 37.4 Å². The van der Waals surface area contributed by atoms with Crippen LogP contribution in [0.1, 0.15) is 31.9 Å². The zero-order valence-electron chi connectivity index (χ0n) is 27.0. The van der Waals surface area contributed by atoms with Gasteiger partial charge in [0.15, 0.2) is 0 Å². The lowest BCUT2D eigenvalue weighted by Gasteiger charge is -2.19. The minimum Gasteiger partial charge on any atom is -0.475 e. The molecule has 5 aromatic rings. The van der Waals surface area contributed by atoms with E-state index in [1.54, 1.807) is 31.3 Å². The van der Waals surface area contributed by atoms with Crippen molar-refractivity contribution in [1.29, 1.82) is 0 Å². The Hall–Kier alpha value is -5.22. The van der Waals surface area contributed by atoms with E-state index in [2.05, 4.69) is 65.6 Å². The Morgan fingerprint density at radius 2 is 1.56 bits per heavy atom. The largest absolute Gasteiger partial charge is 0.490 e. The molecular formula is C32H35F3N8O4S. The third kappa shape index (κ3) is 8.57. The summed E-state index contributed by atoms with van der Waals surface area (Å²) in [4.78, 5) is 24.6. The lowest BCUT2D eigenvalue weighted by Crippen LogP contribution is -2.21. The van der Waals surface area contributed by atoms with Gasteiger partial charge in [0.25, 0.3) is 0 Å². The summed E-state index contributed by atoms with van der Waals surface area (Å²) < 4.78 is 57.6. The van der Waals surface area contributed by atoms with Crippen LogP contribution in [0.5, 0.6) is 0 Å². The number of carboxylic acid groups (broad SMARTS) is 1. The zero-order chi connectivity index (χ0) is 35.6. The maximum atomic E-state index is 11.9. The summed E-state index contributed by atoms with van der Waals surface area (Å²) in [5, 5.41) is 19.0. The zero-order valence-corrected chi connectivity index (χ0v) is 27.8. The van der Waals surface area contributed by atoms with Gasteiger partial charge in [-0.15, -0.1) is 0 Å². The predicted octanol–water partition coefficient (Wildman–Crippen LogP) is 6.51. The number of benzene rings is 3. The van der Waals surface area contributed by atoms with Crippen molar-refractivity contribution < 1.29 is 31.5 Å². The Labute approximate surface area is 275 Å². The van der Waals surface area contributed by atoms with Crippen LogP contribution in [0.4, 0.5) is 47.9 Å². The number of rotatable bonds is 7. The number of hydrogen-bond acceptors (Lipinski definition) is 9. The number of halogens is 3. The van der Waals surface area contributed by atoms with Gasteiger partial charge in [0.1, 0.15) is 5.82 Å². The summed E-state index contributed by atoms with van der Waals surface area (Å²) in [5.41, 5.74) is 6.15. The molecule has 2 aromatic heterocycles. The third-order valence-electron chi connectivity index (χ3n) is 7.24. The molecule has 0 atom stereocenters. The van der Waals surface area contributed by atoms with Gasteiger partial charge in [-0.2, -0.15) is 18.2 Å². The first kappa shape index (κ1) is 35.6. The van der Waals surface area contributed by atoms with Gasteiger partial charge in [-0.1, -0.05) is 39.0 Å². The van der Waals surface area contributed by atoms with E-state index in [9.17, 15) is 21.6 Å². The lowest BCUT2D eigenvalue weighted by atomic mass is 9.87. The first-order valence-corrected chi connectivity index (χ1v) is 15.9. The number of primary sulfonamides is 1. The van der Waals surface area contributed by atoms with Crippen LogP contribution in [0.3, 0.4) is 0 Å². The van der Waals surface area contributed by atoms with Gasteiger partial charge >= 0.3 is 12.1 Å². The number of aliphatic carboxylic acids is 1. The molecule has 0 saturated heterocycles. The molecule has 0 aliphatic rings. The van der Waals surface area contributed by atoms with Crippen molar-refractivity contribution in [2.24, 2.45) is 12.2 Å². The number of fused-ring (bicyclic) bond motifs is 1. The molecular weight excluding hydrogens is 649 g/mol. The van der Waals surface area contributed by atoms with E-state index in [4.69, 9.17) is 20.0 Å². The van der Waals surface area contributed by atoms with Crippen LogP contribution >= 0.6 is 0 Å². The van der Waals surface area contributed by atoms with E-state index in [0.29, 0.717) is 23.0 Å². The Balaban J connectivity index is 0.000000671.